The summed E-state index contributed by atoms with van der Waals surface area (Å²) in [5, 5.41) is 9.06. The highest BCUT2D eigenvalue weighted by molar-refractivity contribution is 7.07. The molecule has 0 saturated carbocycles. The van der Waals surface area contributed by atoms with Gasteiger partial charge in [0.1, 0.15) is 0 Å². The van der Waals surface area contributed by atoms with E-state index in [4.69, 9.17) is 0 Å². The van der Waals surface area contributed by atoms with E-state index in [1.54, 1.807) is 11.3 Å². The molecule has 1 aromatic heterocycles. The zero-order valence-corrected chi connectivity index (χ0v) is 11.8. The van der Waals surface area contributed by atoms with Gasteiger partial charge in [-0.05, 0) is 30.0 Å². The van der Waals surface area contributed by atoms with Crippen molar-refractivity contribution in [1.29, 1.82) is 0 Å². The lowest BCUT2D eigenvalue weighted by molar-refractivity contribution is 0.680. The number of nitrogens with zero attached hydrogens (tertiary/aromatic N) is 1. The SMILES string of the molecule is c1nc(CCNCc2ccc3c(c2)CCCN3)cs1. The molecule has 1 aliphatic rings. The number of anilines is 1. The molecule has 0 aliphatic carbocycles. The lowest BCUT2D eigenvalue weighted by atomic mass is 10.0. The van der Waals surface area contributed by atoms with Crippen molar-refractivity contribution >= 4 is 17.0 Å². The lowest BCUT2D eigenvalue weighted by Gasteiger charge is -2.18. The van der Waals surface area contributed by atoms with Crippen LogP contribution in [0.15, 0.2) is 29.1 Å². The molecule has 0 unspecified atom stereocenters. The predicted molar refractivity (Wildman–Crippen MR) is 80.8 cm³/mol. The van der Waals surface area contributed by atoms with Crippen LogP contribution in [-0.4, -0.2) is 18.1 Å². The molecule has 0 atom stereocenters. The highest BCUT2D eigenvalue weighted by Crippen LogP contribution is 2.22. The van der Waals surface area contributed by atoms with Crippen LogP contribution in [0.3, 0.4) is 0 Å². The van der Waals surface area contributed by atoms with E-state index in [2.05, 4.69) is 39.2 Å². The van der Waals surface area contributed by atoms with Crippen LogP contribution < -0.4 is 10.6 Å². The highest BCUT2D eigenvalue weighted by atomic mass is 32.1. The third kappa shape index (κ3) is 3.33. The Morgan fingerprint density at radius 1 is 1.37 bits per heavy atom. The Morgan fingerprint density at radius 2 is 2.37 bits per heavy atom. The summed E-state index contributed by atoms with van der Waals surface area (Å²) in [6, 6.07) is 6.76. The second-order valence-electron chi connectivity index (χ2n) is 4.93. The first kappa shape index (κ1) is 12.6. The third-order valence-corrected chi connectivity index (χ3v) is 4.11. The van der Waals surface area contributed by atoms with Crippen LogP contribution in [0.2, 0.25) is 0 Å². The molecule has 3 nitrogen and oxygen atoms in total. The van der Waals surface area contributed by atoms with Gasteiger partial charge in [0.05, 0.1) is 11.2 Å². The maximum atomic E-state index is 4.29. The number of rotatable bonds is 5. The topological polar surface area (TPSA) is 37.0 Å². The van der Waals surface area contributed by atoms with E-state index in [0.717, 1.165) is 26.1 Å². The van der Waals surface area contributed by atoms with E-state index in [1.165, 1.54) is 35.3 Å². The van der Waals surface area contributed by atoms with Gasteiger partial charge in [-0.25, -0.2) is 4.98 Å². The van der Waals surface area contributed by atoms with Crippen LogP contribution in [0, 0.1) is 0 Å². The zero-order chi connectivity index (χ0) is 12.9. The average molecular weight is 273 g/mol. The molecule has 0 fully saturated rings. The largest absolute Gasteiger partial charge is 0.385 e. The van der Waals surface area contributed by atoms with Crippen LogP contribution in [0.25, 0.3) is 0 Å². The van der Waals surface area contributed by atoms with Crippen molar-refractivity contribution in [1.82, 2.24) is 10.3 Å². The summed E-state index contributed by atoms with van der Waals surface area (Å²) in [6.07, 6.45) is 3.46. The predicted octanol–water partition coefficient (Wildman–Crippen LogP) is 2.83. The monoisotopic (exact) mass is 273 g/mol. The highest BCUT2D eigenvalue weighted by Gasteiger charge is 2.08. The van der Waals surface area contributed by atoms with E-state index in [1.807, 2.05) is 5.51 Å². The number of fused-ring (bicyclic) bond motifs is 1. The average Bonchev–Trinajstić information content (AvgIpc) is 2.97. The fourth-order valence-corrected chi connectivity index (χ4v) is 3.04. The van der Waals surface area contributed by atoms with Gasteiger partial charge in [0.15, 0.2) is 0 Å². The molecule has 2 N–H and O–H groups in total. The van der Waals surface area contributed by atoms with Crippen LogP contribution in [0.4, 0.5) is 5.69 Å². The van der Waals surface area contributed by atoms with Crippen LogP contribution in [0.1, 0.15) is 23.2 Å². The standard InChI is InChI=1S/C15H19N3S/c1-2-13-8-12(3-4-15(13)17-6-1)9-16-7-5-14-10-19-11-18-14/h3-4,8,10-11,16-17H,1-2,5-7,9H2. The van der Waals surface area contributed by atoms with E-state index in [-0.39, 0.29) is 0 Å². The third-order valence-electron chi connectivity index (χ3n) is 3.48. The Balaban J connectivity index is 1.50. The molecule has 0 spiro atoms. The number of hydrogen-bond acceptors (Lipinski definition) is 4. The van der Waals surface area contributed by atoms with Gasteiger partial charge in [-0.3, -0.25) is 0 Å². The first-order valence-electron chi connectivity index (χ1n) is 6.85. The lowest BCUT2D eigenvalue weighted by Crippen LogP contribution is -2.17. The number of hydrogen-bond donors (Lipinski definition) is 2. The molecule has 1 aromatic carbocycles. The Kier molecular flexibility index (Phi) is 4.10. The van der Waals surface area contributed by atoms with Gasteiger partial charge >= 0.3 is 0 Å². The van der Waals surface area contributed by atoms with Crippen LogP contribution in [-0.2, 0) is 19.4 Å². The number of thiazole rings is 1. The first-order chi connectivity index (χ1) is 9.42. The molecule has 4 heteroatoms. The molecule has 100 valence electrons. The summed E-state index contributed by atoms with van der Waals surface area (Å²) >= 11 is 1.66. The number of aromatic nitrogens is 1. The van der Waals surface area contributed by atoms with Gasteiger partial charge in [-0.15, -0.1) is 11.3 Å². The number of aryl methyl sites for hydroxylation is 1. The maximum Gasteiger partial charge on any atom is 0.0794 e. The van der Waals surface area contributed by atoms with Gasteiger partial charge in [0, 0.05) is 37.1 Å². The van der Waals surface area contributed by atoms with Crippen molar-refractivity contribution < 1.29 is 0 Å². The molecule has 3 rings (SSSR count). The molecule has 2 heterocycles. The quantitative estimate of drug-likeness (QED) is 0.823. The van der Waals surface area contributed by atoms with Gasteiger partial charge in [-0.2, -0.15) is 0 Å². The molecule has 1 aliphatic heterocycles. The first-order valence-corrected chi connectivity index (χ1v) is 7.79. The van der Waals surface area contributed by atoms with Crippen LogP contribution in [0.5, 0.6) is 0 Å². The second kappa shape index (κ2) is 6.17. The molecular weight excluding hydrogens is 254 g/mol. The summed E-state index contributed by atoms with van der Waals surface area (Å²) < 4.78 is 0. The van der Waals surface area contributed by atoms with Crippen molar-refractivity contribution in [3.8, 4) is 0 Å². The maximum absolute atomic E-state index is 4.29. The molecule has 2 aromatic rings. The van der Waals surface area contributed by atoms with E-state index >= 15 is 0 Å². The van der Waals surface area contributed by atoms with Crippen molar-refractivity contribution in [2.45, 2.75) is 25.8 Å². The van der Waals surface area contributed by atoms with Crippen molar-refractivity contribution in [2.24, 2.45) is 0 Å². The van der Waals surface area contributed by atoms with E-state index in [0.29, 0.717) is 0 Å². The Hall–Kier alpha value is -1.39. The van der Waals surface area contributed by atoms with Crippen LogP contribution >= 0.6 is 11.3 Å². The summed E-state index contributed by atoms with van der Waals surface area (Å²) in [4.78, 5) is 4.29. The van der Waals surface area contributed by atoms with Crippen molar-refractivity contribution in [3.63, 3.8) is 0 Å². The summed E-state index contributed by atoms with van der Waals surface area (Å²) in [5.41, 5.74) is 7.24. The number of nitrogens with one attached hydrogen (secondary N) is 2. The molecule has 0 amide bonds. The fourth-order valence-electron chi connectivity index (χ4n) is 2.45. The molecule has 0 radical (unpaired) electrons. The van der Waals surface area contributed by atoms with Crippen molar-refractivity contribution in [2.75, 3.05) is 18.4 Å². The number of benzene rings is 1. The van der Waals surface area contributed by atoms with Gasteiger partial charge in [0.2, 0.25) is 0 Å². The fraction of sp³-hybridized carbons (Fsp3) is 0.400. The van der Waals surface area contributed by atoms with Gasteiger partial charge in [0.25, 0.3) is 0 Å². The Morgan fingerprint density at radius 3 is 3.26 bits per heavy atom. The van der Waals surface area contributed by atoms with Gasteiger partial charge < -0.3 is 10.6 Å². The minimum absolute atomic E-state index is 0.942. The zero-order valence-electron chi connectivity index (χ0n) is 11.0. The Bertz CT molecular complexity index is 522. The minimum Gasteiger partial charge on any atom is -0.385 e. The summed E-state index contributed by atoms with van der Waals surface area (Å²) in [6.45, 7) is 3.04. The smallest absolute Gasteiger partial charge is 0.0794 e. The minimum atomic E-state index is 0.942. The molecule has 0 saturated heterocycles. The molecule has 19 heavy (non-hydrogen) atoms. The summed E-state index contributed by atoms with van der Waals surface area (Å²) in [5.74, 6) is 0. The Labute approximate surface area is 118 Å². The van der Waals surface area contributed by atoms with Crippen molar-refractivity contribution in [3.05, 3.63) is 45.9 Å². The molecular formula is C15H19N3S. The normalized spacial score (nSPS) is 13.9. The van der Waals surface area contributed by atoms with E-state index < -0.39 is 0 Å². The van der Waals surface area contributed by atoms with E-state index in [9.17, 15) is 0 Å². The summed E-state index contributed by atoms with van der Waals surface area (Å²) in [7, 11) is 0. The van der Waals surface area contributed by atoms with Gasteiger partial charge in [-0.1, -0.05) is 12.1 Å². The molecule has 0 bridgehead atoms. The second-order valence-corrected chi connectivity index (χ2v) is 5.65.